The van der Waals surface area contributed by atoms with Crippen LogP contribution in [0.3, 0.4) is 0 Å². The maximum Gasteiger partial charge on any atom is -0.0315 e. The van der Waals surface area contributed by atoms with Gasteiger partial charge in [0.05, 0.1) is 0 Å². The Bertz CT molecular complexity index is 1460. The van der Waals surface area contributed by atoms with Gasteiger partial charge in [0.2, 0.25) is 0 Å². The molecule has 0 nitrogen and oxygen atoms in total. The van der Waals surface area contributed by atoms with E-state index < -0.39 is 0 Å². The van der Waals surface area contributed by atoms with Crippen LogP contribution in [0.2, 0.25) is 0 Å². The van der Waals surface area contributed by atoms with Gasteiger partial charge >= 0.3 is 0 Å². The maximum atomic E-state index is 1.75. The number of hydrogen-bond donors (Lipinski definition) is 0. The summed E-state index contributed by atoms with van der Waals surface area (Å²) in [6, 6.07) is 0. The van der Waals surface area contributed by atoms with Gasteiger partial charge in [-0.05, 0) is 213 Å². The number of fused-ring (bicyclic) bond motifs is 3. The molecule has 0 aromatic heterocycles. The second kappa shape index (κ2) is 18.1. The van der Waals surface area contributed by atoms with Crippen molar-refractivity contribution in [3.05, 3.63) is 0 Å². The minimum atomic E-state index is 1.09. The first-order valence-electron chi connectivity index (χ1n) is 30.8. The summed E-state index contributed by atoms with van der Waals surface area (Å²) in [5.74, 6) is 27.0. The van der Waals surface area contributed by atoms with Gasteiger partial charge < -0.3 is 0 Å². The van der Waals surface area contributed by atoms with Crippen molar-refractivity contribution in [3.8, 4) is 0 Å². The highest BCUT2D eigenvalue weighted by Gasteiger charge is 2.65. The van der Waals surface area contributed by atoms with Gasteiger partial charge in [0.1, 0.15) is 0 Å². The Kier molecular flexibility index (Phi) is 12.3. The van der Waals surface area contributed by atoms with Crippen molar-refractivity contribution in [1.82, 2.24) is 0 Å². The van der Waals surface area contributed by atoms with Gasteiger partial charge in [-0.2, -0.15) is 0 Å². The molecule has 0 radical (unpaired) electrons. The topological polar surface area (TPSA) is 0 Å². The lowest BCUT2D eigenvalue weighted by atomic mass is 9.38. The number of hydrogen-bond acceptors (Lipinski definition) is 0. The second-order valence-electron chi connectivity index (χ2n) is 27.9. The fourth-order valence-electron chi connectivity index (χ4n) is 24.9. The molecule has 0 aromatic carbocycles. The van der Waals surface area contributed by atoms with Crippen LogP contribution < -0.4 is 0 Å². The molecule has 0 heterocycles. The molecule has 0 N–H and O–H groups in total. The van der Waals surface area contributed by atoms with E-state index >= 15 is 0 Å². The van der Waals surface area contributed by atoms with Crippen LogP contribution in [0.4, 0.5) is 0 Å². The summed E-state index contributed by atoms with van der Waals surface area (Å²) >= 11 is 0. The molecule has 62 heavy (non-hydrogen) atoms. The molecule has 0 aromatic rings. The van der Waals surface area contributed by atoms with Crippen molar-refractivity contribution in [2.75, 3.05) is 0 Å². The summed E-state index contributed by atoms with van der Waals surface area (Å²) < 4.78 is 0. The molecule has 0 aliphatic heterocycles. The van der Waals surface area contributed by atoms with Gasteiger partial charge in [0.15, 0.2) is 0 Å². The fraction of sp³-hybridized carbons (Fsp3) is 1.00. The molecule has 0 saturated heterocycles. The zero-order valence-corrected chi connectivity index (χ0v) is 40.7. The lowest BCUT2D eigenvalue weighted by Crippen LogP contribution is -2.62. The molecule has 0 spiro atoms. The Hall–Kier alpha value is 0. The fourth-order valence-corrected chi connectivity index (χ4v) is 24.9. The average molecular weight is 845 g/mol. The molecule has 13 fully saturated rings. The standard InChI is InChI=1S/C62H100/c1-5-16-40(17-6-1)57-58(41-18-7-2-8-19-41)60(43-22-11-4-12-23-43)62(52-37-33-46-31-30-44-24-13-25-45-32-36-51(52)56(46)54(44)45)61(59(57)42-20-9-3-10-21-42)47-34-35-48-49-28-14-26-39-27-15-29-50(55(39)49)53(48)38-47/h39-62H,1-38H2. The van der Waals surface area contributed by atoms with E-state index in [1.54, 1.807) is 244 Å². The third-order valence-electron chi connectivity index (χ3n) is 26.3. The summed E-state index contributed by atoms with van der Waals surface area (Å²) in [6.45, 7) is 0. The van der Waals surface area contributed by atoms with Gasteiger partial charge in [0, 0.05) is 0 Å². The van der Waals surface area contributed by atoms with E-state index in [0.717, 1.165) is 136 Å². The minimum absolute atomic E-state index is 1.09. The molecular formula is C62H100. The van der Waals surface area contributed by atoms with Crippen LogP contribution in [0.1, 0.15) is 244 Å². The van der Waals surface area contributed by atoms with Gasteiger partial charge in [0.25, 0.3) is 0 Å². The first-order valence-corrected chi connectivity index (χ1v) is 30.8. The van der Waals surface area contributed by atoms with Gasteiger partial charge in [-0.15, -0.1) is 0 Å². The molecule has 20 atom stereocenters. The largest absolute Gasteiger partial charge is 0.0533 e. The highest BCUT2D eigenvalue weighted by Crippen LogP contribution is 2.72. The third-order valence-corrected chi connectivity index (χ3v) is 26.3. The van der Waals surface area contributed by atoms with Crippen LogP contribution in [0.25, 0.3) is 0 Å². The van der Waals surface area contributed by atoms with Crippen molar-refractivity contribution in [3.63, 3.8) is 0 Å². The normalized spacial score (nSPS) is 53.0. The third kappa shape index (κ3) is 7.23. The lowest BCUT2D eigenvalue weighted by Gasteiger charge is -2.67. The summed E-state index contributed by atoms with van der Waals surface area (Å²) in [5, 5.41) is 0. The first-order chi connectivity index (χ1) is 30.8. The highest BCUT2D eigenvalue weighted by molar-refractivity contribution is 5.13. The number of rotatable bonds is 6. The average Bonchev–Trinajstić information content (AvgIpc) is 3.67. The predicted molar refractivity (Wildman–Crippen MR) is 259 cm³/mol. The van der Waals surface area contributed by atoms with Crippen molar-refractivity contribution in [2.45, 2.75) is 244 Å². The molecule has 348 valence electrons. The van der Waals surface area contributed by atoms with Crippen LogP contribution in [0.5, 0.6) is 0 Å². The van der Waals surface area contributed by atoms with Gasteiger partial charge in [-0.25, -0.2) is 0 Å². The Morgan fingerprint density at radius 2 is 0.419 bits per heavy atom. The predicted octanol–water partition coefficient (Wildman–Crippen LogP) is 17.8. The van der Waals surface area contributed by atoms with E-state index in [4.69, 9.17) is 0 Å². The van der Waals surface area contributed by atoms with E-state index in [1.807, 2.05) is 0 Å². The van der Waals surface area contributed by atoms with E-state index in [-0.39, 0.29) is 0 Å². The van der Waals surface area contributed by atoms with Crippen LogP contribution in [0.15, 0.2) is 0 Å². The smallest absolute Gasteiger partial charge is 0.0315 e. The van der Waals surface area contributed by atoms with E-state index in [9.17, 15) is 0 Å². The molecule has 13 aliphatic rings. The van der Waals surface area contributed by atoms with Crippen molar-refractivity contribution in [2.24, 2.45) is 142 Å². The van der Waals surface area contributed by atoms with Gasteiger partial charge in [-0.1, -0.05) is 173 Å². The zero-order valence-electron chi connectivity index (χ0n) is 40.7. The van der Waals surface area contributed by atoms with Crippen molar-refractivity contribution in [1.29, 1.82) is 0 Å². The summed E-state index contributed by atoms with van der Waals surface area (Å²) in [7, 11) is 0. The summed E-state index contributed by atoms with van der Waals surface area (Å²) in [6.07, 6.45) is 62.0. The van der Waals surface area contributed by atoms with E-state index in [1.165, 1.54) is 5.92 Å². The Morgan fingerprint density at radius 1 is 0.129 bits per heavy atom. The van der Waals surface area contributed by atoms with E-state index in [2.05, 4.69) is 0 Å². The SMILES string of the molecule is C1CCC(C2C(C3CCCCC3)C(C3CCCCC3)C(C3CCC4CCC5CCCC6CCC3C4C56)C(C3CCC4C(C3)C3CCCC5CCCC4C53)C2C2CCCCC2)CC1. The monoisotopic (exact) mass is 845 g/mol. The second-order valence-corrected chi connectivity index (χ2v) is 27.9. The van der Waals surface area contributed by atoms with Crippen molar-refractivity contribution >= 4 is 0 Å². The Morgan fingerprint density at radius 3 is 0.919 bits per heavy atom. The van der Waals surface area contributed by atoms with E-state index in [0.29, 0.717) is 0 Å². The Labute approximate surface area is 384 Å². The molecule has 13 aliphatic carbocycles. The minimum Gasteiger partial charge on any atom is -0.0533 e. The quantitative estimate of drug-likeness (QED) is 0.250. The maximum absolute atomic E-state index is 1.75. The van der Waals surface area contributed by atoms with Gasteiger partial charge in [-0.3, -0.25) is 0 Å². The molecule has 20 unspecified atom stereocenters. The zero-order chi connectivity index (χ0) is 40.7. The molecule has 0 heteroatoms. The summed E-state index contributed by atoms with van der Waals surface area (Å²) in [5.41, 5.74) is 0. The molecular weight excluding hydrogens is 745 g/mol. The lowest BCUT2D eigenvalue weighted by molar-refractivity contribution is -0.192. The Balaban J connectivity index is 0.971. The highest BCUT2D eigenvalue weighted by atomic mass is 14.7. The summed E-state index contributed by atoms with van der Waals surface area (Å²) in [4.78, 5) is 0. The van der Waals surface area contributed by atoms with Crippen LogP contribution in [0, 0.1) is 142 Å². The molecule has 13 rings (SSSR count). The molecule has 13 saturated carbocycles. The molecule has 0 amide bonds. The van der Waals surface area contributed by atoms with Crippen molar-refractivity contribution < 1.29 is 0 Å². The first kappa shape index (κ1) is 42.1. The molecule has 0 bridgehead atoms. The van der Waals surface area contributed by atoms with Crippen LogP contribution in [-0.2, 0) is 0 Å². The van der Waals surface area contributed by atoms with Crippen LogP contribution >= 0.6 is 0 Å². The van der Waals surface area contributed by atoms with Crippen LogP contribution in [-0.4, -0.2) is 0 Å².